The predicted octanol–water partition coefficient (Wildman–Crippen LogP) is 7.90. The van der Waals surface area contributed by atoms with E-state index in [9.17, 15) is 0 Å². The summed E-state index contributed by atoms with van der Waals surface area (Å²) in [5, 5.41) is 7.00. The average Bonchev–Trinajstić information content (AvgIpc) is 2.36. The summed E-state index contributed by atoms with van der Waals surface area (Å²) in [5.74, 6) is 0.548. The van der Waals surface area contributed by atoms with Crippen molar-refractivity contribution in [1.29, 1.82) is 0 Å². The second-order valence-electron chi connectivity index (χ2n) is 11.8. The van der Waals surface area contributed by atoms with Crippen LogP contribution in [0.5, 0.6) is 0 Å². The average molecular weight is 365 g/mol. The topological polar surface area (TPSA) is 15.6 Å². The van der Waals surface area contributed by atoms with Gasteiger partial charge in [0.25, 0.3) is 0 Å². The third-order valence-electron chi connectivity index (χ3n) is 4.98. The molecule has 0 aromatic heterocycles. The Morgan fingerprint density at radius 3 is 1.69 bits per heavy atom. The summed E-state index contributed by atoms with van der Waals surface area (Å²) in [6.45, 7) is 30.1. The zero-order chi connectivity index (χ0) is 21.0. The molecule has 0 saturated heterocycles. The van der Waals surface area contributed by atoms with Crippen LogP contribution in [0, 0.1) is 22.2 Å². The molecule has 0 aromatic carbocycles. The Bertz CT molecular complexity index is 481. The van der Waals surface area contributed by atoms with Crippen LogP contribution in [-0.2, 0) is 0 Å². The first kappa shape index (κ1) is 25.2. The predicted molar refractivity (Wildman–Crippen MR) is 120 cm³/mol. The molecule has 26 heavy (non-hydrogen) atoms. The van der Waals surface area contributed by atoms with Gasteiger partial charge in [-0.1, -0.05) is 69.2 Å². The number of allylic oxidation sites excluding steroid dienone is 1. The molecule has 0 radical (unpaired) electrons. The van der Waals surface area contributed by atoms with Gasteiger partial charge in [-0.25, -0.2) is 0 Å². The summed E-state index contributed by atoms with van der Waals surface area (Å²) in [6.07, 6.45) is 7.70. The van der Waals surface area contributed by atoms with E-state index in [2.05, 4.69) is 94.3 Å². The van der Waals surface area contributed by atoms with Gasteiger partial charge >= 0.3 is 0 Å². The Hall–Kier alpha value is -0.790. The lowest BCUT2D eigenvalue weighted by Gasteiger charge is -2.42. The van der Waals surface area contributed by atoms with Crippen LogP contribution in [0.4, 0.5) is 0 Å². The fourth-order valence-corrected chi connectivity index (χ4v) is 4.62. The first-order valence-corrected chi connectivity index (χ1v) is 10.5. The molecule has 1 unspecified atom stereocenters. The van der Waals surface area contributed by atoms with Crippen LogP contribution in [0.25, 0.3) is 0 Å². The first-order valence-electron chi connectivity index (χ1n) is 10.5. The Morgan fingerprint density at radius 2 is 1.35 bits per heavy atom. The number of hydrazone groups is 1. The molecule has 0 aliphatic carbocycles. The van der Waals surface area contributed by atoms with Gasteiger partial charge in [0, 0.05) is 12.4 Å². The molecule has 1 atom stereocenters. The molecule has 0 aliphatic rings. The summed E-state index contributed by atoms with van der Waals surface area (Å²) in [5.41, 5.74) is 2.20. The molecule has 0 aliphatic heterocycles. The molecule has 0 fully saturated rings. The van der Waals surface area contributed by atoms with Gasteiger partial charge in [-0.3, -0.25) is 5.01 Å². The van der Waals surface area contributed by atoms with Crippen molar-refractivity contribution in [3.05, 3.63) is 11.8 Å². The van der Waals surface area contributed by atoms with Crippen molar-refractivity contribution >= 4 is 6.21 Å². The number of nitrogens with zero attached hydrogens (tertiary/aromatic N) is 2. The van der Waals surface area contributed by atoms with Gasteiger partial charge in [-0.05, 0) is 67.8 Å². The van der Waals surface area contributed by atoms with E-state index >= 15 is 0 Å². The normalized spacial score (nSPS) is 16.3. The first-order chi connectivity index (χ1) is 11.4. The van der Waals surface area contributed by atoms with E-state index in [0.29, 0.717) is 11.3 Å². The molecule has 154 valence electrons. The van der Waals surface area contributed by atoms with Crippen LogP contribution < -0.4 is 0 Å². The molecular weight excluding hydrogens is 316 g/mol. The smallest absolute Gasteiger partial charge is 0.0576 e. The van der Waals surface area contributed by atoms with Crippen molar-refractivity contribution in [2.24, 2.45) is 27.3 Å². The molecule has 0 aromatic rings. The van der Waals surface area contributed by atoms with Crippen molar-refractivity contribution in [3.63, 3.8) is 0 Å². The highest BCUT2D eigenvalue weighted by atomic mass is 15.5. The number of hydrogen-bond acceptors (Lipinski definition) is 2. The molecule has 0 bridgehead atoms. The molecule has 2 heteroatoms. The van der Waals surface area contributed by atoms with Crippen molar-refractivity contribution in [1.82, 2.24) is 5.01 Å². The van der Waals surface area contributed by atoms with E-state index in [1.165, 1.54) is 12.0 Å². The summed E-state index contributed by atoms with van der Waals surface area (Å²) >= 11 is 0. The lowest BCUT2D eigenvalue weighted by Crippen LogP contribution is -2.41. The Kier molecular flexibility index (Phi) is 8.66. The minimum atomic E-state index is -0.0265. The van der Waals surface area contributed by atoms with Gasteiger partial charge in [0.05, 0.1) is 5.54 Å². The highest BCUT2D eigenvalue weighted by molar-refractivity contribution is 5.53. The van der Waals surface area contributed by atoms with Crippen LogP contribution in [-0.4, -0.2) is 16.8 Å². The molecule has 0 spiro atoms. The maximum Gasteiger partial charge on any atom is 0.0576 e. The minimum absolute atomic E-state index is 0.0265. The maximum atomic E-state index is 4.78. The van der Waals surface area contributed by atoms with Crippen LogP contribution >= 0.6 is 0 Å². The van der Waals surface area contributed by atoms with E-state index in [4.69, 9.17) is 5.10 Å². The van der Waals surface area contributed by atoms with Gasteiger partial charge in [-0.2, -0.15) is 5.10 Å². The lowest BCUT2D eigenvalue weighted by molar-refractivity contribution is 0.123. The summed E-state index contributed by atoms with van der Waals surface area (Å²) < 4.78 is 0. The molecule has 0 N–H and O–H groups in total. The van der Waals surface area contributed by atoms with Gasteiger partial charge in [0.2, 0.25) is 0 Å². The molecule has 0 saturated carbocycles. The SMILES string of the molecule is C/C=N\N(/C=C(\C(C)CC)C(C)(C)CC(C)(C)C)C(C)(C)CC(C)(C)C. The summed E-state index contributed by atoms with van der Waals surface area (Å²) in [4.78, 5) is 0. The number of hydrogen-bond donors (Lipinski definition) is 0. The standard InChI is InChI=1S/C24H48N2/c1-14-19(3)20(23(10,11)17-21(4,5)6)16-26(25-15-2)24(12,13)18-22(7,8)9/h15-16,19H,14,17-18H2,1-13H3/b20-16+,25-15-. The van der Waals surface area contributed by atoms with Crippen molar-refractivity contribution < 1.29 is 0 Å². The maximum absolute atomic E-state index is 4.78. The summed E-state index contributed by atoms with van der Waals surface area (Å²) in [7, 11) is 0. The summed E-state index contributed by atoms with van der Waals surface area (Å²) in [6, 6.07) is 0. The quantitative estimate of drug-likeness (QED) is 0.315. The highest BCUT2D eigenvalue weighted by Crippen LogP contribution is 2.43. The van der Waals surface area contributed by atoms with E-state index < -0.39 is 0 Å². The zero-order valence-corrected chi connectivity index (χ0v) is 20.2. The van der Waals surface area contributed by atoms with Crippen molar-refractivity contribution in [3.8, 4) is 0 Å². The van der Waals surface area contributed by atoms with E-state index in [-0.39, 0.29) is 16.4 Å². The van der Waals surface area contributed by atoms with Gasteiger partial charge in [0.15, 0.2) is 0 Å². The van der Waals surface area contributed by atoms with Crippen LogP contribution in [0.2, 0.25) is 0 Å². The van der Waals surface area contributed by atoms with Crippen molar-refractivity contribution in [2.45, 2.75) is 115 Å². The van der Waals surface area contributed by atoms with E-state index in [1.54, 1.807) is 0 Å². The molecule has 0 rings (SSSR count). The second-order valence-corrected chi connectivity index (χ2v) is 11.8. The molecule has 0 amide bonds. The largest absolute Gasteiger partial charge is 0.268 e. The van der Waals surface area contributed by atoms with Crippen LogP contribution in [0.3, 0.4) is 0 Å². The highest BCUT2D eigenvalue weighted by Gasteiger charge is 2.35. The van der Waals surface area contributed by atoms with Crippen LogP contribution in [0.15, 0.2) is 16.9 Å². The van der Waals surface area contributed by atoms with Gasteiger partial charge in [0.1, 0.15) is 0 Å². The van der Waals surface area contributed by atoms with Crippen LogP contribution in [0.1, 0.15) is 109 Å². The lowest BCUT2D eigenvalue weighted by atomic mass is 9.68. The second kappa shape index (κ2) is 8.93. The zero-order valence-electron chi connectivity index (χ0n) is 20.2. The third-order valence-corrected chi connectivity index (χ3v) is 4.98. The Morgan fingerprint density at radius 1 is 0.885 bits per heavy atom. The van der Waals surface area contributed by atoms with Gasteiger partial charge in [-0.15, -0.1) is 0 Å². The minimum Gasteiger partial charge on any atom is -0.268 e. The number of rotatable bonds is 8. The fraction of sp³-hybridized carbons (Fsp3) is 0.875. The van der Waals surface area contributed by atoms with E-state index in [0.717, 1.165) is 12.8 Å². The molecule has 2 nitrogen and oxygen atoms in total. The monoisotopic (exact) mass is 364 g/mol. The molecule has 0 heterocycles. The van der Waals surface area contributed by atoms with Gasteiger partial charge < -0.3 is 0 Å². The Labute approximate surface area is 165 Å². The third kappa shape index (κ3) is 8.73. The molecular formula is C24H48N2. The fourth-order valence-electron chi connectivity index (χ4n) is 4.62. The van der Waals surface area contributed by atoms with Crippen molar-refractivity contribution in [2.75, 3.05) is 0 Å². The van der Waals surface area contributed by atoms with E-state index in [1.807, 2.05) is 13.1 Å². The Balaban J connectivity index is 6.13.